The zero-order valence-corrected chi connectivity index (χ0v) is 12.0. The molecule has 1 aromatic rings. The van der Waals surface area contributed by atoms with Gasteiger partial charge in [0, 0.05) is 0 Å². The lowest BCUT2D eigenvalue weighted by Crippen LogP contribution is -2.07. The Bertz CT molecular complexity index is 494. The Morgan fingerprint density at radius 1 is 1.22 bits per heavy atom. The Hall–Kier alpha value is -1.13. The van der Waals surface area contributed by atoms with Crippen LogP contribution >= 0.6 is 0 Å². The first-order chi connectivity index (χ1) is 8.42. The summed E-state index contributed by atoms with van der Waals surface area (Å²) in [6, 6.07) is 6.67. The van der Waals surface area contributed by atoms with Crippen molar-refractivity contribution in [2.45, 2.75) is 38.5 Å². The molecule has 100 valence electrons. The molecule has 0 saturated heterocycles. The summed E-state index contributed by atoms with van der Waals surface area (Å²) in [7, 11) is -3.60. The number of hydrogen-bond donors (Lipinski definition) is 0. The van der Waals surface area contributed by atoms with E-state index in [0.717, 1.165) is 12.0 Å². The van der Waals surface area contributed by atoms with Gasteiger partial charge in [0.15, 0.2) is 0 Å². The SMILES string of the molecule is CC(C)=CCCCOS(=O)(=O)c1ccc(C)cc1. The van der Waals surface area contributed by atoms with Gasteiger partial charge in [-0.05, 0) is 45.7 Å². The van der Waals surface area contributed by atoms with Crippen LogP contribution in [0.2, 0.25) is 0 Å². The van der Waals surface area contributed by atoms with E-state index >= 15 is 0 Å². The van der Waals surface area contributed by atoms with Crippen LogP contribution in [0.5, 0.6) is 0 Å². The van der Waals surface area contributed by atoms with Crippen molar-refractivity contribution in [3.63, 3.8) is 0 Å². The molecule has 0 N–H and O–H groups in total. The highest BCUT2D eigenvalue weighted by atomic mass is 32.2. The van der Waals surface area contributed by atoms with Gasteiger partial charge in [-0.25, -0.2) is 0 Å². The Morgan fingerprint density at radius 3 is 2.39 bits per heavy atom. The molecule has 3 nitrogen and oxygen atoms in total. The highest BCUT2D eigenvalue weighted by Gasteiger charge is 2.13. The van der Waals surface area contributed by atoms with E-state index in [0.29, 0.717) is 6.42 Å². The van der Waals surface area contributed by atoms with Crippen molar-refractivity contribution in [3.8, 4) is 0 Å². The lowest BCUT2D eigenvalue weighted by Gasteiger charge is -2.05. The van der Waals surface area contributed by atoms with Gasteiger partial charge in [-0.15, -0.1) is 0 Å². The van der Waals surface area contributed by atoms with Crippen LogP contribution < -0.4 is 0 Å². The predicted molar refractivity (Wildman–Crippen MR) is 73.0 cm³/mol. The molecule has 0 aliphatic rings. The number of allylic oxidation sites excluding steroid dienone is 2. The van der Waals surface area contributed by atoms with E-state index in [4.69, 9.17) is 4.18 Å². The predicted octanol–water partition coefficient (Wildman–Crippen LogP) is 3.45. The highest BCUT2D eigenvalue weighted by molar-refractivity contribution is 7.86. The normalized spacial score (nSPS) is 11.3. The molecule has 0 heterocycles. The summed E-state index contributed by atoms with van der Waals surface area (Å²) in [5.41, 5.74) is 2.26. The summed E-state index contributed by atoms with van der Waals surface area (Å²) in [6.45, 7) is 6.17. The zero-order chi connectivity index (χ0) is 13.6. The number of rotatable bonds is 6. The van der Waals surface area contributed by atoms with Gasteiger partial charge in [-0.1, -0.05) is 29.3 Å². The second-order valence-electron chi connectivity index (χ2n) is 4.51. The Kier molecular flexibility index (Phi) is 5.56. The van der Waals surface area contributed by atoms with Gasteiger partial charge in [0.1, 0.15) is 0 Å². The van der Waals surface area contributed by atoms with Gasteiger partial charge < -0.3 is 0 Å². The second kappa shape index (κ2) is 6.71. The molecule has 0 aliphatic carbocycles. The van der Waals surface area contributed by atoms with Gasteiger partial charge >= 0.3 is 0 Å². The van der Waals surface area contributed by atoms with Gasteiger partial charge in [0.2, 0.25) is 0 Å². The van der Waals surface area contributed by atoms with E-state index < -0.39 is 10.1 Å². The van der Waals surface area contributed by atoms with Crippen molar-refractivity contribution < 1.29 is 12.6 Å². The average Bonchev–Trinajstić information content (AvgIpc) is 2.28. The number of unbranched alkanes of at least 4 members (excludes halogenated alkanes) is 1. The molecule has 0 saturated carbocycles. The van der Waals surface area contributed by atoms with Crippen LogP contribution in [0.4, 0.5) is 0 Å². The van der Waals surface area contributed by atoms with E-state index in [1.165, 1.54) is 5.57 Å². The van der Waals surface area contributed by atoms with E-state index in [2.05, 4.69) is 6.08 Å². The molecular weight excluding hydrogens is 248 g/mol. The number of benzene rings is 1. The molecular formula is C14H20O3S. The van der Waals surface area contributed by atoms with Crippen molar-refractivity contribution in [2.75, 3.05) is 6.61 Å². The van der Waals surface area contributed by atoms with Crippen LogP contribution in [0.25, 0.3) is 0 Å². The van der Waals surface area contributed by atoms with Gasteiger partial charge in [-0.3, -0.25) is 4.18 Å². The molecule has 0 aromatic heterocycles. The van der Waals surface area contributed by atoms with Crippen LogP contribution in [0.15, 0.2) is 40.8 Å². The smallest absolute Gasteiger partial charge is 0.266 e. The Labute approximate surface area is 110 Å². The van der Waals surface area contributed by atoms with Crippen LogP contribution in [0.1, 0.15) is 32.3 Å². The number of aryl methyl sites for hydroxylation is 1. The first-order valence-corrected chi connectivity index (χ1v) is 7.42. The van der Waals surface area contributed by atoms with Gasteiger partial charge in [-0.2, -0.15) is 8.42 Å². The summed E-state index contributed by atoms with van der Waals surface area (Å²) in [4.78, 5) is 0.218. The van der Waals surface area contributed by atoms with Crippen molar-refractivity contribution in [1.82, 2.24) is 0 Å². The van der Waals surface area contributed by atoms with Crippen LogP contribution in [-0.4, -0.2) is 15.0 Å². The zero-order valence-electron chi connectivity index (χ0n) is 11.1. The summed E-state index contributed by atoms with van der Waals surface area (Å²) >= 11 is 0. The fourth-order valence-electron chi connectivity index (χ4n) is 1.42. The molecule has 0 radical (unpaired) electrons. The second-order valence-corrected chi connectivity index (χ2v) is 6.13. The molecule has 0 aliphatic heterocycles. The molecule has 18 heavy (non-hydrogen) atoms. The largest absolute Gasteiger partial charge is 0.296 e. The number of hydrogen-bond acceptors (Lipinski definition) is 3. The first kappa shape index (κ1) is 14.9. The standard InChI is InChI=1S/C14H20O3S/c1-12(2)6-4-5-11-17-18(15,16)14-9-7-13(3)8-10-14/h6-10H,4-5,11H2,1-3H3. The summed E-state index contributed by atoms with van der Waals surface area (Å²) < 4.78 is 28.6. The quantitative estimate of drug-likeness (QED) is 0.451. The van der Waals surface area contributed by atoms with Crippen molar-refractivity contribution >= 4 is 10.1 Å². The summed E-state index contributed by atoms with van der Waals surface area (Å²) in [5.74, 6) is 0. The Morgan fingerprint density at radius 2 is 1.83 bits per heavy atom. The Balaban J connectivity index is 2.50. The molecule has 0 amide bonds. The van der Waals surface area contributed by atoms with Crippen molar-refractivity contribution in [2.24, 2.45) is 0 Å². The molecule has 0 bridgehead atoms. The third-order valence-corrected chi connectivity index (χ3v) is 3.78. The van der Waals surface area contributed by atoms with Crippen LogP contribution in [0, 0.1) is 6.92 Å². The van der Waals surface area contributed by atoms with E-state index in [1.807, 2.05) is 20.8 Å². The topological polar surface area (TPSA) is 43.4 Å². The van der Waals surface area contributed by atoms with Crippen molar-refractivity contribution in [1.29, 1.82) is 0 Å². The van der Waals surface area contributed by atoms with E-state index in [1.54, 1.807) is 24.3 Å². The minimum atomic E-state index is -3.60. The maximum Gasteiger partial charge on any atom is 0.296 e. The molecule has 4 heteroatoms. The van der Waals surface area contributed by atoms with Crippen LogP contribution in [0.3, 0.4) is 0 Å². The maximum atomic E-state index is 11.8. The highest BCUT2D eigenvalue weighted by Crippen LogP contribution is 2.13. The molecule has 1 aromatic carbocycles. The lowest BCUT2D eigenvalue weighted by molar-refractivity contribution is 0.313. The third-order valence-electron chi connectivity index (χ3n) is 2.45. The summed E-state index contributed by atoms with van der Waals surface area (Å²) in [5, 5.41) is 0. The minimum absolute atomic E-state index is 0.218. The first-order valence-electron chi connectivity index (χ1n) is 6.01. The van der Waals surface area contributed by atoms with Crippen LogP contribution in [-0.2, 0) is 14.3 Å². The van der Waals surface area contributed by atoms with Crippen molar-refractivity contribution in [3.05, 3.63) is 41.5 Å². The fraction of sp³-hybridized carbons (Fsp3) is 0.429. The van der Waals surface area contributed by atoms with E-state index in [9.17, 15) is 8.42 Å². The molecule has 1 rings (SSSR count). The molecule has 0 spiro atoms. The monoisotopic (exact) mass is 268 g/mol. The van der Waals surface area contributed by atoms with Gasteiger partial charge in [0.25, 0.3) is 10.1 Å². The van der Waals surface area contributed by atoms with E-state index in [-0.39, 0.29) is 11.5 Å². The van der Waals surface area contributed by atoms with Gasteiger partial charge in [0.05, 0.1) is 11.5 Å². The minimum Gasteiger partial charge on any atom is -0.266 e. The summed E-state index contributed by atoms with van der Waals surface area (Å²) in [6.07, 6.45) is 3.61. The fourth-order valence-corrected chi connectivity index (χ4v) is 2.36. The third kappa shape index (κ3) is 5.02. The average molecular weight is 268 g/mol. The lowest BCUT2D eigenvalue weighted by atomic mass is 10.2. The molecule has 0 fully saturated rings. The molecule has 0 unspecified atom stereocenters. The molecule has 0 atom stereocenters. The maximum absolute atomic E-state index is 11.8.